The zero-order valence-corrected chi connectivity index (χ0v) is 17.9. The first-order valence-electron chi connectivity index (χ1n) is 10.5. The van der Waals surface area contributed by atoms with Gasteiger partial charge in [0.25, 0.3) is 5.91 Å². The van der Waals surface area contributed by atoms with E-state index in [-0.39, 0.29) is 17.5 Å². The first-order chi connectivity index (χ1) is 15.8. The van der Waals surface area contributed by atoms with Gasteiger partial charge in [0.1, 0.15) is 0 Å². The Bertz CT molecular complexity index is 1170. The topological polar surface area (TPSA) is 73.2 Å². The third kappa shape index (κ3) is 5.08. The summed E-state index contributed by atoms with van der Waals surface area (Å²) in [5, 5.41) is 7.09. The summed E-state index contributed by atoms with van der Waals surface area (Å²) in [6.07, 6.45) is -0.782. The Morgan fingerprint density at radius 3 is 2.52 bits per heavy atom. The Morgan fingerprint density at radius 2 is 1.88 bits per heavy atom. The summed E-state index contributed by atoms with van der Waals surface area (Å²) in [5.74, 6) is -0.643. The van der Waals surface area contributed by atoms with Crippen LogP contribution in [0.1, 0.15) is 56.3 Å². The summed E-state index contributed by atoms with van der Waals surface area (Å²) in [7, 11) is 1.32. The van der Waals surface area contributed by atoms with Crippen LogP contribution in [0.15, 0.2) is 54.7 Å². The summed E-state index contributed by atoms with van der Waals surface area (Å²) in [6.45, 7) is 0.356. The molecule has 33 heavy (non-hydrogen) atoms. The zero-order chi connectivity index (χ0) is 23.6. The van der Waals surface area contributed by atoms with E-state index in [1.165, 1.54) is 24.1 Å². The lowest BCUT2D eigenvalue weighted by Gasteiger charge is -2.12. The average Bonchev–Trinajstić information content (AvgIpc) is 3.55. The second kappa shape index (κ2) is 9.09. The molecule has 1 aliphatic rings. The maximum atomic E-state index is 13.1. The van der Waals surface area contributed by atoms with E-state index in [1.54, 1.807) is 30.3 Å². The highest BCUT2D eigenvalue weighted by molar-refractivity contribution is 5.95. The van der Waals surface area contributed by atoms with E-state index in [0.29, 0.717) is 29.8 Å². The van der Waals surface area contributed by atoms with Crippen LogP contribution in [0.4, 0.5) is 13.2 Å². The number of methoxy groups -OCH3 is 1. The Hall–Kier alpha value is -3.62. The normalized spacial score (nSPS) is 13.6. The van der Waals surface area contributed by atoms with Gasteiger partial charge in [-0.2, -0.15) is 18.3 Å². The summed E-state index contributed by atoms with van der Waals surface area (Å²) >= 11 is 0. The van der Waals surface area contributed by atoms with Gasteiger partial charge in [-0.15, -0.1) is 0 Å². The molecule has 0 bridgehead atoms. The Balaban J connectivity index is 1.47. The quantitative estimate of drug-likeness (QED) is 0.529. The van der Waals surface area contributed by atoms with Gasteiger partial charge in [0.2, 0.25) is 0 Å². The van der Waals surface area contributed by atoms with Gasteiger partial charge in [-0.25, -0.2) is 9.48 Å². The van der Waals surface area contributed by atoms with Crippen LogP contribution in [0.5, 0.6) is 0 Å². The van der Waals surface area contributed by atoms with Crippen LogP contribution in [0, 0.1) is 0 Å². The molecule has 6 nitrogen and oxygen atoms in total. The number of rotatable bonds is 7. The van der Waals surface area contributed by atoms with Crippen LogP contribution >= 0.6 is 0 Å². The maximum Gasteiger partial charge on any atom is 0.416 e. The van der Waals surface area contributed by atoms with Crippen molar-refractivity contribution < 1.29 is 27.5 Å². The molecule has 1 aliphatic carbocycles. The molecule has 0 radical (unpaired) electrons. The number of hydrogen-bond acceptors (Lipinski definition) is 4. The maximum absolute atomic E-state index is 13.1. The van der Waals surface area contributed by atoms with Crippen molar-refractivity contribution in [1.29, 1.82) is 0 Å². The van der Waals surface area contributed by atoms with Gasteiger partial charge < -0.3 is 10.1 Å². The number of benzene rings is 2. The molecule has 0 spiro atoms. The fourth-order valence-electron chi connectivity index (χ4n) is 3.64. The largest absolute Gasteiger partial charge is 0.465 e. The van der Waals surface area contributed by atoms with Gasteiger partial charge in [0.15, 0.2) is 0 Å². The standard InChI is InChI=1S/C24H22F3N3O3/c1-33-23(32)17-7-5-15(6-8-17)11-12-28-22(31)20-14-29-30(21(20)16-9-10-16)19-4-2-3-18(13-19)24(25,26)27/h2-8,13-14,16H,9-12H2,1H3,(H,28,31). The molecule has 3 aromatic rings. The van der Waals surface area contributed by atoms with Gasteiger partial charge in [0.05, 0.1) is 41.4 Å². The Morgan fingerprint density at radius 1 is 1.15 bits per heavy atom. The van der Waals surface area contributed by atoms with Crippen molar-refractivity contribution in [3.05, 3.63) is 82.7 Å². The highest BCUT2D eigenvalue weighted by Gasteiger charge is 2.34. The first-order valence-corrected chi connectivity index (χ1v) is 10.5. The fourth-order valence-corrected chi connectivity index (χ4v) is 3.64. The molecule has 1 N–H and O–H groups in total. The predicted molar refractivity (Wildman–Crippen MR) is 114 cm³/mol. The van der Waals surface area contributed by atoms with Gasteiger partial charge in [0, 0.05) is 12.5 Å². The molecule has 1 heterocycles. The van der Waals surface area contributed by atoms with E-state index in [2.05, 4.69) is 15.2 Å². The molecule has 9 heteroatoms. The van der Waals surface area contributed by atoms with E-state index < -0.39 is 17.7 Å². The van der Waals surface area contributed by atoms with Crippen LogP contribution in [-0.4, -0.2) is 35.3 Å². The Kier molecular flexibility index (Phi) is 6.22. The minimum atomic E-state index is -4.46. The molecule has 0 aliphatic heterocycles. The van der Waals surface area contributed by atoms with Crippen molar-refractivity contribution in [1.82, 2.24) is 15.1 Å². The Labute approximate surface area is 188 Å². The molecular formula is C24H22F3N3O3. The lowest BCUT2D eigenvalue weighted by Crippen LogP contribution is -2.26. The van der Waals surface area contributed by atoms with E-state index >= 15 is 0 Å². The number of nitrogens with one attached hydrogen (secondary N) is 1. The number of alkyl halides is 3. The summed E-state index contributed by atoms with van der Waals surface area (Å²) in [4.78, 5) is 24.3. The minimum absolute atomic E-state index is 0.0914. The molecule has 2 aromatic carbocycles. The third-order valence-corrected chi connectivity index (χ3v) is 5.51. The molecule has 0 saturated heterocycles. The van der Waals surface area contributed by atoms with Gasteiger partial charge in [-0.05, 0) is 55.2 Å². The number of halogens is 3. The van der Waals surface area contributed by atoms with Crippen LogP contribution < -0.4 is 5.32 Å². The van der Waals surface area contributed by atoms with Crippen molar-refractivity contribution in [2.45, 2.75) is 31.4 Å². The van der Waals surface area contributed by atoms with Crippen LogP contribution in [0.2, 0.25) is 0 Å². The van der Waals surface area contributed by atoms with E-state index in [1.807, 2.05) is 0 Å². The number of amides is 1. The third-order valence-electron chi connectivity index (χ3n) is 5.51. The van der Waals surface area contributed by atoms with Crippen molar-refractivity contribution >= 4 is 11.9 Å². The molecule has 4 rings (SSSR count). The zero-order valence-electron chi connectivity index (χ0n) is 17.9. The lowest BCUT2D eigenvalue weighted by molar-refractivity contribution is -0.137. The molecular weight excluding hydrogens is 435 g/mol. The molecule has 1 aromatic heterocycles. The van der Waals surface area contributed by atoms with Gasteiger partial charge in [-0.3, -0.25) is 4.79 Å². The smallest absolute Gasteiger partial charge is 0.416 e. The van der Waals surface area contributed by atoms with Crippen molar-refractivity contribution in [3.8, 4) is 5.69 Å². The highest BCUT2D eigenvalue weighted by atomic mass is 19.4. The number of nitrogens with zero attached hydrogens (tertiary/aromatic N) is 2. The van der Waals surface area contributed by atoms with Crippen molar-refractivity contribution in [2.75, 3.05) is 13.7 Å². The summed E-state index contributed by atoms with van der Waals surface area (Å²) < 4.78 is 45.5. The lowest BCUT2D eigenvalue weighted by atomic mass is 10.1. The SMILES string of the molecule is COC(=O)c1ccc(CCNC(=O)c2cnn(-c3cccc(C(F)(F)F)c3)c2C2CC2)cc1. The second-order valence-electron chi connectivity index (χ2n) is 7.87. The molecule has 172 valence electrons. The number of esters is 1. The number of aromatic nitrogens is 2. The van der Waals surface area contributed by atoms with Crippen molar-refractivity contribution in [3.63, 3.8) is 0 Å². The van der Waals surface area contributed by atoms with Gasteiger partial charge >= 0.3 is 12.1 Å². The highest BCUT2D eigenvalue weighted by Crippen LogP contribution is 2.42. The molecule has 0 atom stereocenters. The van der Waals surface area contributed by atoms with Crippen molar-refractivity contribution in [2.24, 2.45) is 0 Å². The fraction of sp³-hybridized carbons (Fsp3) is 0.292. The summed E-state index contributed by atoms with van der Waals surface area (Å²) in [6, 6.07) is 11.8. The summed E-state index contributed by atoms with van der Waals surface area (Å²) in [5.41, 5.74) is 1.90. The van der Waals surface area contributed by atoms with E-state index in [9.17, 15) is 22.8 Å². The second-order valence-corrected chi connectivity index (χ2v) is 7.87. The van der Waals surface area contributed by atoms with E-state index in [4.69, 9.17) is 0 Å². The van der Waals surface area contributed by atoms with Crippen LogP contribution in [0.25, 0.3) is 5.69 Å². The molecule has 1 amide bonds. The van der Waals surface area contributed by atoms with Crippen LogP contribution in [-0.2, 0) is 17.3 Å². The molecule has 1 fully saturated rings. The number of carbonyl (C=O) groups is 2. The monoisotopic (exact) mass is 457 g/mol. The van der Waals surface area contributed by atoms with Gasteiger partial charge in [-0.1, -0.05) is 18.2 Å². The number of carbonyl (C=O) groups excluding carboxylic acids is 2. The number of hydrogen-bond donors (Lipinski definition) is 1. The predicted octanol–water partition coefficient (Wildman–Crippen LogP) is 4.53. The molecule has 1 saturated carbocycles. The van der Waals surface area contributed by atoms with Crippen LogP contribution in [0.3, 0.4) is 0 Å². The average molecular weight is 457 g/mol. The molecule has 0 unspecified atom stereocenters. The first kappa shape index (κ1) is 22.6. The number of ether oxygens (including phenoxy) is 1. The minimum Gasteiger partial charge on any atom is -0.465 e. The van der Waals surface area contributed by atoms with E-state index in [0.717, 1.165) is 30.5 Å².